The summed E-state index contributed by atoms with van der Waals surface area (Å²) in [5.41, 5.74) is 12.3. The zero-order valence-corrected chi connectivity index (χ0v) is 31.9. The number of amides is 4. The highest BCUT2D eigenvalue weighted by Gasteiger charge is 2.40. The number of carbonyl (C=O) groups is 5. The lowest BCUT2D eigenvalue weighted by Gasteiger charge is -2.38. The van der Waals surface area contributed by atoms with Crippen LogP contribution in [0, 0.1) is 5.92 Å². The standard InChI is InChI=1S/C40H61N7O6/c1-28(2)25-33(36(50)45-32(17-11-12-22-41)37(51)47-23-20-40(42,21-24-47)38(52)53)46-35(49)31(19-18-29-13-7-5-8-14-29)44-34(48)26-43-27-39(3,4)30-15-9-6-10-16-30/h5-10,13-16,28,31-33,43H,11-12,17-27,41-42H2,1-4H3,(H,44,48)(H,45,50)(H,46,49)(H,52,53)/t31-,32-,33-/m1/s1. The second-order valence-corrected chi connectivity index (χ2v) is 15.3. The van der Waals surface area contributed by atoms with Crippen LogP contribution in [-0.4, -0.2) is 96.0 Å². The fourth-order valence-electron chi connectivity index (χ4n) is 6.51. The Morgan fingerprint density at radius 2 is 1.42 bits per heavy atom. The summed E-state index contributed by atoms with van der Waals surface area (Å²) in [6.45, 7) is 9.32. The van der Waals surface area contributed by atoms with Gasteiger partial charge in [0.05, 0.1) is 6.54 Å². The zero-order chi connectivity index (χ0) is 39.0. The third-order valence-electron chi connectivity index (χ3n) is 9.92. The number of aliphatic carboxylic acids is 1. The van der Waals surface area contributed by atoms with Gasteiger partial charge in [0.2, 0.25) is 23.6 Å². The number of carbonyl (C=O) groups excluding carboxylic acids is 4. The molecule has 3 rings (SSSR count). The second kappa shape index (κ2) is 20.8. The Morgan fingerprint density at radius 3 is 2.00 bits per heavy atom. The summed E-state index contributed by atoms with van der Waals surface area (Å²) in [5.74, 6) is -2.76. The van der Waals surface area contributed by atoms with Crippen molar-refractivity contribution < 1.29 is 29.1 Å². The third-order valence-corrected chi connectivity index (χ3v) is 9.92. The number of hydrogen-bond acceptors (Lipinski definition) is 8. The molecule has 292 valence electrons. The largest absolute Gasteiger partial charge is 0.480 e. The van der Waals surface area contributed by atoms with Crippen LogP contribution in [0.1, 0.15) is 83.8 Å². The van der Waals surface area contributed by atoms with Gasteiger partial charge in [-0.3, -0.25) is 24.0 Å². The highest BCUT2D eigenvalue weighted by atomic mass is 16.4. The molecule has 9 N–H and O–H groups in total. The Bertz CT molecular complexity index is 1480. The second-order valence-electron chi connectivity index (χ2n) is 15.3. The molecule has 1 fully saturated rings. The van der Waals surface area contributed by atoms with Crippen LogP contribution in [0.4, 0.5) is 0 Å². The van der Waals surface area contributed by atoms with Crippen molar-refractivity contribution in [1.29, 1.82) is 0 Å². The molecule has 1 aliphatic rings. The fraction of sp³-hybridized carbons (Fsp3) is 0.575. The Hall–Kier alpha value is -4.33. The minimum atomic E-state index is -1.40. The summed E-state index contributed by atoms with van der Waals surface area (Å²) in [7, 11) is 0. The first kappa shape index (κ1) is 43.1. The van der Waals surface area contributed by atoms with Gasteiger partial charge in [-0.25, -0.2) is 0 Å². The van der Waals surface area contributed by atoms with Crippen molar-refractivity contribution in [2.75, 3.05) is 32.7 Å². The van der Waals surface area contributed by atoms with E-state index in [1.165, 1.54) is 0 Å². The molecular formula is C40H61N7O6. The molecule has 0 aliphatic carbocycles. The predicted octanol–water partition coefficient (Wildman–Crippen LogP) is 2.22. The van der Waals surface area contributed by atoms with E-state index < -0.39 is 41.4 Å². The van der Waals surface area contributed by atoms with Crippen LogP contribution in [0.2, 0.25) is 0 Å². The number of likely N-dealkylation sites (tertiary alicyclic amines) is 1. The van der Waals surface area contributed by atoms with Gasteiger partial charge < -0.3 is 42.7 Å². The van der Waals surface area contributed by atoms with Crippen LogP contribution in [0.25, 0.3) is 0 Å². The lowest BCUT2D eigenvalue weighted by atomic mass is 9.84. The Labute approximate surface area is 314 Å². The summed E-state index contributed by atoms with van der Waals surface area (Å²) in [6.07, 6.45) is 2.89. The van der Waals surface area contributed by atoms with Gasteiger partial charge in [-0.1, -0.05) is 88.4 Å². The van der Waals surface area contributed by atoms with Gasteiger partial charge in [-0.15, -0.1) is 0 Å². The minimum Gasteiger partial charge on any atom is -0.480 e. The monoisotopic (exact) mass is 735 g/mol. The Kier molecular flexibility index (Phi) is 16.9. The number of nitrogens with zero attached hydrogens (tertiary/aromatic N) is 1. The van der Waals surface area contributed by atoms with E-state index in [9.17, 15) is 29.1 Å². The van der Waals surface area contributed by atoms with Crippen LogP contribution >= 0.6 is 0 Å². The van der Waals surface area contributed by atoms with Gasteiger partial charge in [-0.2, -0.15) is 0 Å². The molecule has 13 nitrogen and oxygen atoms in total. The summed E-state index contributed by atoms with van der Waals surface area (Å²) >= 11 is 0. The maximum Gasteiger partial charge on any atom is 0.323 e. The van der Waals surface area contributed by atoms with Crippen molar-refractivity contribution in [3.8, 4) is 0 Å². The summed E-state index contributed by atoms with van der Waals surface area (Å²) in [6, 6.07) is 16.9. The van der Waals surface area contributed by atoms with Gasteiger partial charge in [0.25, 0.3) is 0 Å². The van der Waals surface area contributed by atoms with E-state index in [2.05, 4.69) is 35.1 Å². The average Bonchev–Trinajstić information content (AvgIpc) is 3.13. The number of nitrogens with one attached hydrogen (secondary N) is 4. The molecule has 4 amide bonds. The van der Waals surface area contributed by atoms with E-state index in [0.717, 1.165) is 11.1 Å². The van der Waals surface area contributed by atoms with Crippen molar-refractivity contribution >= 4 is 29.6 Å². The number of carboxylic acid groups (broad SMARTS) is 1. The van der Waals surface area contributed by atoms with E-state index >= 15 is 0 Å². The molecule has 0 unspecified atom stereocenters. The van der Waals surface area contributed by atoms with Crippen LogP contribution < -0.4 is 32.7 Å². The quantitative estimate of drug-likeness (QED) is 0.0937. The Morgan fingerprint density at radius 1 is 0.830 bits per heavy atom. The van der Waals surface area contributed by atoms with E-state index in [0.29, 0.717) is 51.6 Å². The van der Waals surface area contributed by atoms with Crippen LogP contribution in [-0.2, 0) is 35.8 Å². The van der Waals surface area contributed by atoms with E-state index in [1.54, 1.807) is 4.90 Å². The van der Waals surface area contributed by atoms with Gasteiger partial charge in [0, 0.05) is 25.0 Å². The molecule has 0 aromatic heterocycles. The number of benzene rings is 2. The number of piperidine rings is 1. The van der Waals surface area contributed by atoms with Crippen LogP contribution in [0.3, 0.4) is 0 Å². The van der Waals surface area contributed by atoms with E-state index in [4.69, 9.17) is 11.5 Å². The first-order valence-electron chi connectivity index (χ1n) is 18.9. The number of hydrogen-bond donors (Lipinski definition) is 7. The van der Waals surface area contributed by atoms with Crippen molar-refractivity contribution in [3.05, 3.63) is 71.8 Å². The topological polar surface area (TPSA) is 209 Å². The van der Waals surface area contributed by atoms with Crippen molar-refractivity contribution in [1.82, 2.24) is 26.2 Å². The first-order chi connectivity index (χ1) is 25.1. The van der Waals surface area contributed by atoms with Gasteiger partial charge in [-0.05, 0) is 75.0 Å². The van der Waals surface area contributed by atoms with Crippen molar-refractivity contribution in [3.63, 3.8) is 0 Å². The number of unbranched alkanes of at least 4 members (excludes halogenated alkanes) is 1. The van der Waals surface area contributed by atoms with Crippen molar-refractivity contribution in [2.45, 2.75) is 108 Å². The molecule has 0 bridgehead atoms. The molecule has 53 heavy (non-hydrogen) atoms. The maximum absolute atomic E-state index is 13.9. The normalized spacial score (nSPS) is 15.9. The molecule has 0 saturated carbocycles. The van der Waals surface area contributed by atoms with Gasteiger partial charge in [0.1, 0.15) is 23.7 Å². The number of rotatable bonds is 21. The molecule has 13 heteroatoms. The predicted molar refractivity (Wildman–Crippen MR) is 206 cm³/mol. The van der Waals surface area contributed by atoms with Gasteiger partial charge in [0.15, 0.2) is 0 Å². The molecule has 1 aliphatic heterocycles. The van der Waals surface area contributed by atoms with E-state index in [1.807, 2.05) is 74.5 Å². The van der Waals surface area contributed by atoms with Crippen molar-refractivity contribution in [2.24, 2.45) is 17.4 Å². The minimum absolute atomic E-state index is 0.00211. The smallest absolute Gasteiger partial charge is 0.323 e. The third kappa shape index (κ3) is 13.9. The molecule has 0 radical (unpaired) electrons. The molecule has 1 heterocycles. The van der Waals surface area contributed by atoms with Crippen LogP contribution in [0.15, 0.2) is 60.7 Å². The molecule has 3 atom stereocenters. The molecule has 2 aromatic rings. The highest BCUT2D eigenvalue weighted by molar-refractivity contribution is 5.94. The number of carboxylic acids is 1. The molecule has 0 spiro atoms. The Balaban J connectivity index is 1.72. The lowest BCUT2D eigenvalue weighted by Crippen LogP contribution is -2.60. The summed E-state index contributed by atoms with van der Waals surface area (Å²) in [5, 5.41) is 21.4. The highest BCUT2D eigenvalue weighted by Crippen LogP contribution is 2.23. The molecular weight excluding hydrogens is 674 g/mol. The summed E-state index contributed by atoms with van der Waals surface area (Å²) in [4.78, 5) is 68.0. The van der Waals surface area contributed by atoms with Gasteiger partial charge >= 0.3 is 5.97 Å². The SMILES string of the molecule is CC(C)C[C@@H](NC(=O)[C@@H](CCc1ccccc1)NC(=O)CNCC(C)(C)c1ccccc1)C(=O)N[C@H](CCCCN)C(=O)N1CCC(N)(C(=O)O)CC1. The molecule has 2 aromatic carbocycles. The average molecular weight is 736 g/mol. The van der Waals surface area contributed by atoms with Crippen LogP contribution in [0.5, 0.6) is 0 Å². The molecule has 1 saturated heterocycles. The zero-order valence-electron chi connectivity index (χ0n) is 31.9. The van der Waals surface area contributed by atoms with E-state index in [-0.39, 0.29) is 55.6 Å². The number of aryl methyl sites for hydroxylation is 1. The lowest BCUT2D eigenvalue weighted by molar-refractivity contribution is -0.148. The first-order valence-corrected chi connectivity index (χ1v) is 18.9. The number of nitrogens with two attached hydrogens (primary N) is 2. The summed E-state index contributed by atoms with van der Waals surface area (Å²) < 4.78 is 0. The maximum atomic E-state index is 13.9. The fourth-order valence-corrected chi connectivity index (χ4v) is 6.51.